The highest BCUT2D eigenvalue weighted by Crippen LogP contribution is 2.18. The largest absolute Gasteiger partial charge is 0.377 e. The maximum Gasteiger partial charge on any atom is 0.210 e. The van der Waals surface area contributed by atoms with E-state index in [0.717, 1.165) is 30.0 Å². The number of benzene rings is 1. The van der Waals surface area contributed by atoms with Gasteiger partial charge in [0.15, 0.2) is 12.4 Å². The van der Waals surface area contributed by atoms with E-state index >= 15 is 0 Å². The van der Waals surface area contributed by atoms with Crippen LogP contribution in [-0.4, -0.2) is 70.9 Å². The Labute approximate surface area is 195 Å². The van der Waals surface area contributed by atoms with Crippen LogP contribution >= 0.6 is 0 Å². The minimum Gasteiger partial charge on any atom is -0.377 e. The highest BCUT2D eigenvalue weighted by molar-refractivity contribution is 5.61. The van der Waals surface area contributed by atoms with Crippen molar-refractivity contribution < 1.29 is 23.5 Å². The molecule has 1 aliphatic heterocycles. The van der Waals surface area contributed by atoms with E-state index in [1.54, 1.807) is 0 Å². The number of nitrogens with zero attached hydrogens (tertiary/aromatic N) is 3. The van der Waals surface area contributed by atoms with E-state index in [2.05, 4.69) is 63.2 Å². The van der Waals surface area contributed by atoms with Gasteiger partial charge in [-0.1, -0.05) is 0 Å². The maximum absolute atomic E-state index is 5.75. The Morgan fingerprint density at radius 1 is 0.576 bits per heavy atom. The molecule has 7 nitrogen and oxygen atoms in total. The summed E-state index contributed by atoms with van der Waals surface area (Å²) in [5.41, 5.74) is 4.59. The second-order valence-electron chi connectivity index (χ2n) is 7.68. The van der Waals surface area contributed by atoms with Gasteiger partial charge in [-0.3, -0.25) is 4.98 Å². The first kappa shape index (κ1) is 23.3. The van der Waals surface area contributed by atoms with Gasteiger partial charge in [-0.05, 0) is 35.4 Å². The molecule has 0 aliphatic carbocycles. The zero-order chi connectivity index (χ0) is 22.6. The van der Waals surface area contributed by atoms with Crippen LogP contribution in [0.2, 0.25) is 0 Å². The number of hydrogen-bond donors (Lipinski definition) is 0. The molecule has 1 aromatic carbocycles. The van der Waals surface area contributed by atoms with E-state index in [4.69, 9.17) is 18.9 Å². The Hall–Kier alpha value is -2.84. The summed E-state index contributed by atoms with van der Waals surface area (Å²) in [6.45, 7) is 6.43. The molecule has 0 radical (unpaired) electrons. The molecule has 174 valence electrons. The third-order valence-electron chi connectivity index (χ3n) is 5.48. The summed E-state index contributed by atoms with van der Waals surface area (Å²) in [6.07, 6.45) is 7.80. The van der Waals surface area contributed by atoms with Crippen molar-refractivity contribution in [1.29, 1.82) is 0 Å². The normalized spacial score (nSPS) is 17.2. The molecule has 3 heterocycles. The number of rotatable bonds is 3. The van der Waals surface area contributed by atoms with Crippen molar-refractivity contribution >= 4 is 5.69 Å². The van der Waals surface area contributed by atoms with Gasteiger partial charge in [-0.15, -0.1) is 0 Å². The summed E-state index contributed by atoms with van der Waals surface area (Å²) in [4.78, 5) is 6.38. The Balaban J connectivity index is 1.39. The number of ether oxygens (including phenoxy) is 4. The molecule has 33 heavy (non-hydrogen) atoms. The van der Waals surface area contributed by atoms with E-state index < -0.39 is 0 Å². The monoisotopic (exact) mass is 450 g/mol. The van der Waals surface area contributed by atoms with Crippen LogP contribution in [0.3, 0.4) is 0 Å². The van der Waals surface area contributed by atoms with Gasteiger partial charge >= 0.3 is 0 Å². The smallest absolute Gasteiger partial charge is 0.210 e. The third-order valence-corrected chi connectivity index (χ3v) is 5.48. The van der Waals surface area contributed by atoms with Gasteiger partial charge in [-0.2, -0.15) is 4.57 Å². The minimum absolute atomic E-state index is 0.589. The predicted octanol–water partition coefficient (Wildman–Crippen LogP) is 2.91. The lowest BCUT2D eigenvalue weighted by molar-refractivity contribution is -0.595. The van der Waals surface area contributed by atoms with Crippen LogP contribution in [0.1, 0.15) is 0 Å². The molecule has 0 N–H and O–H groups in total. The molecule has 4 rings (SSSR count). The fourth-order valence-corrected chi connectivity index (χ4v) is 3.65. The van der Waals surface area contributed by atoms with Gasteiger partial charge in [0.1, 0.15) is 0 Å². The first-order valence-electron chi connectivity index (χ1n) is 11.5. The van der Waals surface area contributed by atoms with Crippen molar-refractivity contribution in [2.45, 2.75) is 0 Å². The van der Waals surface area contributed by atoms with Crippen molar-refractivity contribution in [3.63, 3.8) is 0 Å². The second-order valence-corrected chi connectivity index (χ2v) is 7.68. The van der Waals surface area contributed by atoms with Gasteiger partial charge in [0.2, 0.25) is 5.69 Å². The Morgan fingerprint density at radius 2 is 1.06 bits per heavy atom. The van der Waals surface area contributed by atoms with E-state index in [1.807, 2.05) is 24.5 Å². The molecule has 0 saturated carbocycles. The molecule has 7 heteroatoms. The molecule has 3 aromatic rings. The van der Waals surface area contributed by atoms with Crippen LogP contribution in [-0.2, 0) is 18.9 Å². The molecule has 0 atom stereocenters. The third kappa shape index (κ3) is 7.33. The molecular weight excluding hydrogens is 418 g/mol. The van der Waals surface area contributed by atoms with Crippen molar-refractivity contribution in [2.24, 2.45) is 0 Å². The highest BCUT2D eigenvalue weighted by Gasteiger charge is 2.11. The Kier molecular flexibility index (Phi) is 9.19. The lowest BCUT2D eigenvalue weighted by atomic mass is 10.1. The summed E-state index contributed by atoms with van der Waals surface area (Å²) >= 11 is 0. The van der Waals surface area contributed by atoms with Crippen molar-refractivity contribution in [3.8, 4) is 16.8 Å². The summed E-state index contributed by atoms with van der Waals surface area (Å²) in [7, 11) is 0. The van der Waals surface area contributed by atoms with E-state index in [-0.39, 0.29) is 0 Å². The molecule has 0 spiro atoms. The average Bonchev–Trinajstić information content (AvgIpc) is 2.89. The predicted molar refractivity (Wildman–Crippen MR) is 127 cm³/mol. The lowest BCUT2D eigenvalue weighted by Gasteiger charge is -2.24. The molecule has 0 amide bonds. The van der Waals surface area contributed by atoms with Crippen molar-refractivity contribution in [3.05, 3.63) is 73.3 Å². The summed E-state index contributed by atoms with van der Waals surface area (Å²) in [5, 5.41) is 0. The molecule has 1 aliphatic rings. The molecule has 0 bridgehead atoms. The Morgan fingerprint density at radius 3 is 1.61 bits per heavy atom. The van der Waals surface area contributed by atoms with E-state index in [0.29, 0.717) is 52.9 Å². The van der Waals surface area contributed by atoms with E-state index in [9.17, 15) is 0 Å². The van der Waals surface area contributed by atoms with Crippen LogP contribution in [0, 0.1) is 0 Å². The van der Waals surface area contributed by atoms with Gasteiger partial charge in [0, 0.05) is 55.4 Å². The SMILES string of the molecule is c1cc(-c2cc[n+](-c3ccc(N4CCOCCOCCOCCOCC4)cc3)cc2)ccn1. The fraction of sp³-hybridized carbons (Fsp3) is 0.385. The maximum atomic E-state index is 5.75. The minimum atomic E-state index is 0.589. The number of pyridine rings is 2. The summed E-state index contributed by atoms with van der Waals surface area (Å²) in [5.74, 6) is 0. The van der Waals surface area contributed by atoms with Gasteiger partial charge in [0.25, 0.3) is 0 Å². The van der Waals surface area contributed by atoms with E-state index in [1.165, 1.54) is 5.56 Å². The van der Waals surface area contributed by atoms with Gasteiger partial charge < -0.3 is 23.8 Å². The van der Waals surface area contributed by atoms with Crippen LogP contribution in [0.4, 0.5) is 5.69 Å². The van der Waals surface area contributed by atoms with Crippen LogP contribution in [0.5, 0.6) is 0 Å². The van der Waals surface area contributed by atoms with Crippen LogP contribution in [0.25, 0.3) is 16.8 Å². The zero-order valence-electron chi connectivity index (χ0n) is 19.0. The quantitative estimate of drug-likeness (QED) is 0.572. The average molecular weight is 451 g/mol. The first-order valence-corrected chi connectivity index (χ1v) is 11.5. The second kappa shape index (κ2) is 13.0. The molecule has 1 saturated heterocycles. The Bertz CT molecular complexity index is 920. The molecule has 2 aromatic heterocycles. The van der Waals surface area contributed by atoms with Gasteiger partial charge in [0.05, 0.1) is 52.9 Å². The number of anilines is 1. The molecule has 0 unspecified atom stereocenters. The first-order chi connectivity index (χ1) is 16.4. The van der Waals surface area contributed by atoms with Crippen LogP contribution in [0.15, 0.2) is 73.3 Å². The molecular formula is C26H32N3O4+. The molecule has 1 fully saturated rings. The standard InChI is InChI=1S/C26H32N3O4/c1-3-26(29-13-15-30-17-19-32-21-22-33-20-18-31-16-14-29)4-2-25(1)28-11-7-24(8-12-28)23-5-9-27-10-6-23/h1-12H,13-22H2/q+1. The fourth-order valence-electron chi connectivity index (χ4n) is 3.65. The summed E-state index contributed by atoms with van der Waals surface area (Å²) < 4.78 is 24.6. The number of hydrogen-bond acceptors (Lipinski definition) is 6. The highest BCUT2D eigenvalue weighted by atomic mass is 16.6. The van der Waals surface area contributed by atoms with Gasteiger partial charge in [-0.25, -0.2) is 0 Å². The van der Waals surface area contributed by atoms with Crippen LogP contribution < -0.4 is 9.47 Å². The summed E-state index contributed by atoms with van der Waals surface area (Å²) in [6, 6.07) is 16.9. The lowest BCUT2D eigenvalue weighted by Crippen LogP contribution is -2.32. The van der Waals surface area contributed by atoms with Crippen molar-refractivity contribution in [1.82, 2.24) is 4.98 Å². The zero-order valence-corrected chi connectivity index (χ0v) is 19.0. The topological polar surface area (TPSA) is 56.9 Å². The van der Waals surface area contributed by atoms with Crippen molar-refractivity contribution in [2.75, 3.05) is 70.8 Å². The number of aromatic nitrogens is 2.